The molecule has 0 aliphatic carbocycles. The number of hydrogen-bond donors (Lipinski definition) is 1. The Morgan fingerprint density at radius 2 is 2.29 bits per heavy atom. The van der Waals surface area contributed by atoms with E-state index in [0.29, 0.717) is 0 Å². The summed E-state index contributed by atoms with van der Waals surface area (Å²) in [5.74, 6) is -1.95. The molecule has 1 unspecified atom stereocenters. The van der Waals surface area contributed by atoms with E-state index in [-0.39, 0.29) is 30.5 Å². The number of pyridine rings is 1. The summed E-state index contributed by atoms with van der Waals surface area (Å²) >= 11 is 5.78. The number of nitrogens with zero attached hydrogens (tertiary/aromatic N) is 3. The van der Waals surface area contributed by atoms with Crippen molar-refractivity contribution in [2.75, 3.05) is 19.8 Å². The minimum absolute atomic E-state index is 0.0504. The van der Waals surface area contributed by atoms with Crippen LogP contribution in [0.15, 0.2) is 12.3 Å². The number of carboxylic acids is 1. The molecule has 0 saturated carbocycles. The van der Waals surface area contributed by atoms with Gasteiger partial charge < -0.3 is 14.7 Å². The summed E-state index contributed by atoms with van der Waals surface area (Å²) < 4.78 is 5.02. The topological polar surface area (TPSA) is 123 Å². The molecule has 0 spiro atoms. The fraction of sp³-hybridized carbons (Fsp3) is 0.364. The van der Waals surface area contributed by atoms with Crippen LogP contribution in [0, 0.1) is 10.1 Å². The molecule has 1 aromatic heterocycles. The zero-order chi connectivity index (χ0) is 15.6. The lowest BCUT2D eigenvalue weighted by Gasteiger charge is -2.32. The maximum atomic E-state index is 12.4. The van der Waals surface area contributed by atoms with Crippen LogP contribution >= 0.6 is 11.6 Å². The van der Waals surface area contributed by atoms with Crippen molar-refractivity contribution in [1.29, 1.82) is 0 Å². The van der Waals surface area contributed by atoms with E-state index in [4.69, 9.17) is 21.4 Å². The van der Waals surface area contributed by atoms with Crippen LogP contribution in [0.25, 0.3) is 0 Å². The first-order chi connectivity index (χ1) is 9.91. The van der Waals surface area contributed by atoms with Gasteiger partial charge in [-0.1, -0.05) is 11.6 Å². The smallest absolute Gasteiger partial charge is 0.328 e. The molecule has 0 aromatic carbocycles. The average Bonchev–Trinajstić information content (AvgIpc) is 2.46. The van der Waals surface area contributed by atoms with E-state index in [1.165, 1.54) is 0 Å². The molecule has 0 bridgehead atoms. The lowest BCUT2D eigenvalue weighted by molar-refractivity contribution is -0.385. The Bertz CT molecular complexity index is 608. The summed E-state index contributed by atoms with van der Waals surface area (Å²) in [6.07, 6.45) is 0.924. The number of nitro groups is 1. The number of ether oxygens (including phenoxy) is 1. The van der Waals surface area contributed by atoms with Crippen LogP contribution in [-0.2, 0) is 9.53 Å². The normalized spacial score (nSPS) is 18.3. The minimum atomic E-state index is -1.22. The summed E-state index contributed by atoms with van der Waals surface area (Å²) in [5.41, 5.74) is -0.609. The van der Waals surface area contributed by atoms with Gasteiger partial charge in [0.25, 0.3) is 11.6 Å². The number of aliphatic carboxylic acids is 1. The number of halogens is 1. The first-order valence-electron chi connectivity index (χ1n) is 5.83. The summed E-state index contributed by atoms with van der Waals surface area (Å²) in [4.78, 5) is 38.1. The lowest BCUT2D eigenvalue weighted by Crippen LogP contribution is -2.52. The molecule has 1 aliphatic heterocycles. The number of carbonyl (C=O) groups is 2. The highest BCUT2D eigenvalue weighted by Crippen LogP contribution is 2.22. The SMILES string of the molecule is O=C(O)C1COCCN1C(=O)c1cc([N+](=O)[O-])cnc1Cl. The molecule has 0 radical (unpaired) electrons. The van der Waals surface area contributed by atoms with Crippen molar-refractivity contribution >= 4 is 29.2 Å². The van der Waals surface area contributed by atoms with Gasteiger partial charge in [-0.3, -0.25) is 14.9 Å². The van der Waals surface area contributed by atoms with Gasteiger partial charge in [0.2, 0.25) is 0 Å². The van der Waals surface area contributed by atoms with Crippen molar-refractivity contribution in [2.45, 2.75) is 6.04 Å². The van der Waals surface area contributed by atoms with Crippen LogP contribution < -0.4 is 0 Å². The zero-order valence-corrected chi connectivity index (χ0v) is 11.3. The monoisotopic (exact) mass is 315 g/mol. The van der Waals surface area contributed by atoms with Gasteiger partial charge in [0, 0.05) is 12.6 Å². The minimum Gasteiger partial charge on any atom is -0.480 e. The van der Waals surface area contributed by atoms with Gasteiger partial charge in [-0.25, -0.2) is 9.78 Å². The Labute approximate surface area is 123 Å². The van der Waals surface area contributed by atoms with Crippen LogP contribution in [0.5, 0.6) is 0 Å². The molecular formula is C11H10ClN3O6. The summed E-state index contributed by atoms with van der Waals surface area (Å²) in [6, 6.07) is -0.187. The third kappa shape index (κ3) is 3.09. The van der Waals surface area contributed by atoms with Crippen molar-refractivity contribution in [2.24, 2.45) is 0 Å². The molecule has 9 nitrogen and oxygen atoms in total. The van der Waals surface area contributed by atoms with E-state index in [1.807, 2.05) is 0 Å². The maximum Gasteiger partial charge on any atom is 0.328 e. The number of carbonyl (C=O) groups excluding carboxylic acids is 1. The van der Waals surface area contributed by atoms with Crippen molar-refractivity contribution in [3.05, 3.63) is 33.1 Å². The van der Waals surface area contributed by atoms with Gasteiger partial charge in [0.1, 0.15) is 11.3 Å². The van der Waals surface area contributed by atoms with Crippen LogP contribution in [0.2, 0.25) is 5.15 Å². The fourth-order valence-corrected chi connectivity index (χ4v) is 2.08. The molecule has 1 aliphatic rings. The summed E-state index contributed by atoms with van der Waals surface area (Å²) in [7, 11) is 0. The Kier molecular flexibility index (Phi) is 4.34. The summed E-state index contributed by atoms with van der Waals surface area (Å²) in [5, 5.41) is 19.6. The molecular weight excluding hydrogens is 306 g/mol. The molecule has 112 valence electrons. The molecule has 21 heavy (non-hydrogen) atoms. The number of morpholine rings is 1. The van der Waals surface area contributed by atoms with Crippen molar-refractivity contribution < 1.29 is 24.4 Å². The van der Waals surface area contributed by atoms with E-state index in [2.05, 4.69) is 4.98 Å². The number of rotatable bonds is 3. The van der Waals surface area contributed by atoms with Gasteiger partial charge in [-0.15, -0.1) is 0 Å². The largest absolute Gasteiger partial charge is 0.480 e. The number of amides is 1. The van der Waals surface area contributed by atoms with E-state index in [9.17, 15) is 19.7 Å². The van der Waals surface area contributed by atoms with E-state index in [0.717, 1.165) is 17.2 Å². The molecule has 1 aromatic rings. The Balaban J connectivity index is 2.36. The average molecular weight is 316 g/mol. The quantitative estimate of drug-likeness (QED) is 0.491. The molecule has 1 saturated heterocycles. The molecule has 1 N–H and O–H groups in total. The van der Waals surface area contributed by atoms with Gasteiger partial charge >= 0.3 is 5.97 Å². The zero-order valence-electron chi connectivity index (χ0n) is 10.6. The van der Waals surface area contributed by atoms with Gasteiger partial charge in [0.05, 0.1) is 23.7 Å². The Morgan fingerprint density at radius 1 is 1.57 bits per heavy atom. The highest BCUT2D eigenvalue weighted by atomic mass is 35.5. The predicted molar refractivity (Wildman–Crippen MR) is 69.2 cm³/mol. The molecule has 1 atom stereocenters. The van der Waals surface area contributed by atoms with Crippen LogP contribution in [0.1, 0.15) is 10.4 Å². The molecule has 2 rings (SSSR count). The number of hydrogen-bond acceptors (Lipinski definition) is 6. The van der Waals surface area contributed by atoms with E-state index in [1.54, 1.807) is 0 Å². The van der Waals surface area contributed by atoms with Crippen molar-refractivity contribution in [3.63, 3.8) is 0 Å². The van der Waals surface area contributed by atoms with Crippen molar-refractivity contribution in [1.82, 2.24) is 9.88 Å². The third-order valence-electron chi connectivity index (χ3n) is 2.94. The Hall–Kier alpha value is -2.26. The van der Waals surface area contributed by atoms with Crippen LogP contribution in [0.4, 0.5) is 5.69 Å². The first kappa shape index (κ1) is 15.1. The van der Waals surface area contributed by atoms with Gasteiger partial charge in [-0.2, -0.15) is 0 Å². The number of aromatic nitrogens is 1. The van der Waals surface area contributed by atoms with Crippen LogP contribution in [0.3, 0.4) is 0 Å². The first-order valence-corrected chi connectivity index (χ1v) is 6.21. The standard InChI is InChI=1S/C11H10ClN3O6/c12-9-7(3-6(4-13-9)15(19)20)10(16)14-1-2-21-5-8(14)11(17)18/h3-4,8H,1-2,5H2,(H,17,18). The molecule has 1 amide bonds. The highest BCUT2D eigenvalue weighted by molar-refractivity contribution is 6.32. The predicted octanol–water partition coefficient (Wildman–Crippen LogP) is 0.569. The van der Waals surface area contributed by atoms with Crippen molar-refractivity contribution in [3.8, 4) is 0 Å². The van der Waals surface area contributed by atoms with E-state index < -0.39 is 28.5 Å². The number of carboxylic acid groups (broad SMARTS) is 1. The van der Waals surface area contributed by atoms with Crippen LogP contribution in [-0.4, -0.2) is 57.6 Å². The maximum absolute atomic E-state index is 12.4. The van der Waals surface area contributed by atoms with E-state index >= 15 is 0 Å². The second-order valence-electron chi connectivity index (χ2n) is 4.22. The Morgan fingerprint density at radius 3 is 2.90 bits per heavy atom. The summed E-state index contributed by atoms with van der Waals surface area (Å²) in [6.45, 7) is 0.0748. The highest BCUT2D eigenvalue weighted by Gasteiger charge is 2.34. The fourth-order valence-electron chi connectivity index (χ4n) is 1.89. The van der Waals surface area contributed by atoms with Gasteiger partial charge in [0.15, 0.2) is 6.04 Å². The molecule has 1 fully saturated rings. The third-order valence-corrected chi connectivity index (χ3v) is 3.24. The second-order valence-corrected chi connectivity index (χ2v) is 4.57. The second kappa shape index (κ2) is 6.02. The lowest BCUT2D eigenvalue weighted by atomic mass is 10.1. The molecule has 2 heterocycles. The molecule has 10 heteroatoms. The van der Waals surface area contributed by atoms with Gasteiger partial charge in [-0.05, 0) is 0 Å².